The number of nitrogens with one attached hydrogen (secondary N) is 2. The molecular formula is C25H28F2N6O. The highest BCUT2D eigenvalue weighted by molar-refractivity contribution is 6.01. The summed E-state index contributed by atoms with van der Waals surface area (Å²) in [5, 5.41) is 10.4. The number of hydrogen-bond donors (Lipinski definition) is 2. The Kier molecular flexibility index (Phi) is 5.79. The second-order valence-electron chi connectivity index (χ2n) is 9.51. The van der Waals surface area contributed by atoms with Crippen molar-refractivity contribution < 1.29 is 13.6 Å². The third-order valence-electron chi connectivity index (χ3n) is 6.34. The molecule has 9 heteroatoms. The van der Waals surface area contributed by atoms with Crippen LogP contribution in [0.2, 0.25) is 0 Å². The number of nitrogens with zero attached hydrogens (tertiary/aromatic N) is 4. The van der Waals surface area contributed by atoms with E-state index in [0.717, 1.165) is 41.7 Å². The van der Waals surface area contributed by atoms with Crippen molar-refractivity contribution in [3.05, 3.63) is 59.2 Å². The molecule has 0 aliphatic heterocycles. The lowest BCUT2D eigenvalue weighted by atomic mass is 9.81. The summed E-state index contributed by atoms with van der Waals surface area (Å²) in [6, 6.07) is 4.16. The average Bonchev–Trinajstić information content (AvgIpc) is 3.08. The summed E-state index contributed by atoms with van der Waals surface area (Å²) >= 11 is 0. The number of aryl methyl sites for hydroxylation is 1. The molecule has 0 bridgehead atoms. The Morgan fingerprint density at radius 1 is 1.29 bits per heavy atom. The summed E-state index contributed by atoms with van der Waals surface area (Å²) in [6.07, 6.45) is 9.86. The highest BCUT2D eigenvalue weighted by Crippen LogP contribution is 2.41. The quantitative estimate of drug-likeness (QED) is 0.559. The van der Waals surface area contributed by atoms with Crippen molar-refractivity contribution in [1.29, 1.82) is 0 Å². The molecule has 2 aliphatic rings. The molecule has 0 radical (unpaired) electrons. The van der Waals surface area contributed by atoms with Crippen molar-refractivity contribution in [2.24, 2.45) is 5.92 Å². The zero-order valence-electron chi connectivity index (χ0n) is 19.3. The molecule has 0 atom stereocenters. The van der Waals surface area contributed by atoms with Crippen LogP contribution in [-0.2, 0) is 6.42 Å². The number of hydrogen-bond acceptors (Lipinski definition) is 5. The van der Waals surface area contributed by atoms with Gasteiger partial charge in [0.05, 0.1) is 23.0 Å². The molecule has 3 aromatic rings. The number of rotatable bonds is 6. The van der Waals surface area contributed by atoms with Gasteiger partial charge in [-0.25, -0.2) is 23.3 Å². The van der Waals surface area contributed by atoms with Gasteiger partial charge in [0, 0.05) is 43.4 Å². The predicted molar refractivity (Wildman–Crippen MR) is 126 cm³/mol. The maximum absolute atomic E-state index is 13.1. The minimum absolute atomic E-state index is 0.170. The molecule has 1 fully saturated rings. The SMILES string of the molecule is CC(C)Nc1ncc2c(n1)CCCC=C2c1ccn2ncc(C(=O)NCC3CC(F)(F)C3)c2c1. The number of fused-ring (bicyclic) bond motifs is 2. The Morgan fingerprint density at radius 3 is 2.88 bits per heavy atom. The molecule has 1 amide bonds. The van der Waals surface area contributed by atoms with Gasteiger partial charge in [-0.15, -0.1) is 0 Å². The topological polar surface area (TPSA) is 84.2 Å². The van der Waals surface area contributed by atoms with Crippen LogP contribution >= 0.6 is 0 Å². The van der Waals surface area contributed by atoms with E-state index < -0.39 is 5.92 Å². The summed E-state index contributed by atoms with van der Waals surface area (Å²) in [4.78, 5) is 22.1. The number of amides is 1. The smallest absolute Gasteiger partial charge is 0.255 e. The van der Waals surface area contributed by atoms with Crippen molar-refractivity contribution in [3.63, 3.8) is 0 Å². The number of allylic oxidation sites excluding steroid dienone is 1. The normalized spacial score (nSPS) is 17.6. The lowest BCUT2D eigenvalue weighted by molar-refractivity contribution is -0.108. The van der Waals surface area contributed by atoms with Gasteiger partial charge in [-0.1, -0.05) is 6.08 Å². The molecule has 0 spiro atoms. The van der Waals surface area contributed by atoms with Gasteiger partial charge in [-0.3, -0.25) is 4.79 Å². The summed E-state index contributed by atoms with van der Waals surface area (Å²) in [7, 11) is 0. The number of carbonyl (C=O) groups is 1. The lowest BCUT2D eigenvalue weighted by Gasteiger charge is -2.34. The third kappa shape index (κ3) is 4.51. The largest absolute Gasteiger partial charge is 0.352 e. The minimum atomic E-state index is -2.59. The van der Waals surface area contributed by atoms with Crippen LogP contribution in [0.3, 0.4) is 0 Å². The second kappa shape index (κ2) is 8.77. The van der Waals surface area contributed by atoms with Gasteiger partial charge in [0.2, 0.25) is 11.9 Å². The highest BCUT2D eigenvalue weighted by Gasteiger charge is 2.45. The molecule has 0 aromatic carbocycles. The first-order chi connectivity index (χ1) is 16.3. The zero-order valence-corrected chi connectivity index (χ0v) is 19.3. The van der Waals surface area contributed by atoms with Crippen molar-refractivity contribution in [2.45, 2.75) is 57.9 Å². The van der Waals surface area contributed by atoms with Crippen molar-refractivity contribution in [1.82, 2.24) is 24.9 Å². The number of carbonyl (C=O) groups excluding carboxylic acids is 1. The van der Waals surface area contributed by atoms with Crippen LogP contribution in [0.25, 0.3) is 11.1 Å². The molecule has 2 N–H and O–H groups in total. The van der Waals surface area contributed by atoms with Crippen LogP contribution in [0.5, 0.6) is 0 Å². The number of anilines is 1. The zero-order chi connectivity index (χ0) is 23.9. The summed E-state index contributed by atoms with van der Waals surface area (Å²) in [5.41, 5.74) is 5.08. The first kappa shape index (κ1) is 22.4. The second-order valence-corrected chi connectivity index (χ2v) is 9.51. The van der Waals surface area contributed by atoms with E-state index in [1.807, 2.05) is 24.5 Å². The number of aromatic nitrogens is 4. The van der Waals surface area contributed by atoms with E-state index in [-0.39, 0.29) is 37.3 Å². The van der Waals surface area contributed by atoms with Crippen molar-refractivity contribution in [3.8, 4) is 0 Å². The Morgan fingerprint density at radius 2 is 2.12 bits per heavy atom. The van der Waals surface area contributed by atoms with Crippen LogP contribution in [0.1, 0.15) is 66.7 Å². The van der Waals surface area contributed by atoms with E-state index in [4.69, 9.17) is 4.98 Å². The molecule has 1 saturated carbocycles. The molecule has 3 aromatic heterocycles. The van der Waals surface area contributed by atoms with E-state index >= 15 is 0 Å². The third-order valence-corrected chi connectivity index (χ3v) is 6.34. The van der Waals surface area contributed by atoms with E-state index in [9.17, 15) is 13.6 Å². The molecule has 7 nitrogen and oxygen atoms in total. The van der Waals surface area contributed by atoms with E-state index in [2.05, 4.69) is 40.6 Å². The van der Waals surface area contributed by atoms with Crippen LogP contribution < -0.4 is 10.6 Å². The minimum Gasteiger partial charge on any atom is -0.352 e. The van der Waals surface area contributed by atoms with E-state index in [1.165, 1.54) is 6.20 Å². The number of pyridine rings is 1. The summed E-state index contributed by atoms with van der Waals surface area (Å²) in [6.45, 7) is 4.35. The van der Waals surface area contributed by atoms with Gasteiger partial charge in [-0.2, -0.15) is 5.10 Å². The maximum Gasteiger partial charge on any atom is 0.255 e. The van der Waals surface area contributed by atoms with Crippen LogP contribution in [0.15, 0.2) is 36.8 Å². The van der Waals surface area contributed by atoms with Crippen LogP contribution in [0, 0.1) is 5.92 Å². The highest BCUT2D eigenvalue weighted by atomic mass is 19.3. The van der Waals surface area contributed by atoms with Gasteiger partial charge in [0.25, 0.3) is 5.91 Å². The molecular weight excluding hydrogens is 438 g/mol. The molecule has 178 valence electrons. The standard InChI is InChI=1S/C25H28F2N6O/c1-15(2)31-24-29-13-19-18(5-3-4-6-21(19)32-24)17-7-8-33-22(9-17)20(14-30-33)23(34)28-12-16-10-25(26,27)11-16/h5,7-9,13-16H,3-4,6,10-12H2,1-2H3,(H,28,34)(H,29,31,32). The van der Waals surface area contributed by atoms with Gasteiger partial charge in [0.15, 0.2) is 0 Å². The van der Waals surface area contributed by atoms with Crippen LogP contribution in [0.4, 0.5) is 14.7 Å². The number of halogens is 2. The average molecular weight is 467 g/mol. The predicted octanol–water partition coefficient (Wildman–Crippen LogP) is 4.49. The first-order valence-electron chi connectivity index (χ1n) is 11.8. The Bertz CT molecular complexity index is 1260. The Hall–Kier alpha value is -3.36. The monoisotopic (exact) mass is 466 g/mol. The lowest BCUT2D eigenvalue weighted by Crippen LogP contribution is -2.42. The van der Waals surface area contributed by atoms with E-state index in [1.54, 1.807) is 4.52 Å². The molecule has 0 unspecified atom stereocenters. The van der Waals surface area contributed by atoms with E-state index in [0.29, 0.717) is 17.0 Å². The number of alkyl halides is 2. The summed E-state index contributed by atoms with van der Waals surface area (Å²) < 4.78 is 27.8. The van der Waals surface area contributed by atoms with Gasteiger partial charge >= 0.3 is 0 Å². The fourth-order valence-corrected chi connectivity index (χ4v) is 4.64. The summed E-state index contributed by atoms with van der Waals surface area (Å²) in [5.74, 6) is -2.44. The van der Waals surface area contributed by atoms with Gasteiger partial charge in [0.1, 0.15) is 0 Å². The van der Waals surface area contributed by atoms with Gasteiger partial charge in [-0.05, 0) is 62.3 Å². The van der Waals surface area contributed by atoms with Crippen molar-refractivity contribution >= 4 is 22.9 Å². The van der Waals surface area contributed by atoms with Crippen molar-refractivity contribution in [2.75, 3.05) is 11.9 Å². The fourth-order valence-electron chi connectivity index (χ4n) is 4.64. The van der Waals surface area contributed by atoms with Crippen LogP contribution in [-0.4, -0.2) is 44.0 Å². The molecule has 5 rings (SSSR count). The first-order valence-corrected chi connectivity index (χ1v) is 11.8. The molecule has 3 heterocycles. The Labute approximate surface area is 196 Å². The van der Waals surface area contributed by atoms with Gasteiger partial charge < -0.3 is 10.6 Å². The fraction of sp³-hybridized carbons (Fsp3) is 0.440. The molecule has 2 aliphatic carbocycles. The molecule has 34 heavy (non-hydrogen) atoms. The molecule has 0 saturated heterocycles. The maximum atomic E-state index is 13.1. The Balaban J connectivity index is 1.41.